The maximum absolute atomic E-state index is 11.6. The van der Waals surface area contributed by atoms with Crippen molar-refractivity contribution >= 4 is 27.4 Å². The quantitative estimate of drug-likeness (QED) is 0.844. The van der Waals surface area contributed by atoms with E-state index in [1.807, 2.05) is 25.1 Å². The minimum atomic E-state index is -3.19. The number of anilines is 1. The van der Waals surface area contributed by atoms with E-state index in [1.165, 1.54) is 6.26 Å². The third kappa shape index (κ3) is 3.81. The molecular formula is C19H23ClN4O2S. The van der Waals surface area contributed by atoms with Crippen molar-refractivity contribution in [2.45, 2.75) is 50.7 Å². The van der Waals surface area contributed by atoms with Crippen molar-refractivity contribution in [2.75, 3.05) is 11.2 Å². The molecule has 0 radical (unpaired) electrons. The highest BCUT2D eigenvalue weighted by Gasteiger charge is 2.42. The first-order valence-corrected chi connectivity index (χ1v) is 11.4. The van der Waals surface area contributed by atoms with E-state index in [2.05, 4.69) is 19.6 Å². The van der Waals surface area contributed by atoms with Crippen LogP contribution < -0.4 is 9.62 Å². The number of rotatable bonds is 4. The van der Waals surface area contributed by atoms with Crippen LogP contribution in [0.15, 0.2) is 30.6 Å². The first-order chi connectivity index (χ1) is 12.8. The van der Waals surface area contributed by atoms with Crippen LogP contribution >= 0.6 is 11.6 Å². The summed E-state index contributed by atoms with van der Waals surface area (Å²) >= 11 is 6.43. The number of fused-ring (bicyclic) bond motifs is 2. The maximum atomic E-state index is 11.6. The number of pyridine rings is 2. The zero-order chi connectivity index (χ0) is 19.2. The smallest absolute Gasteiger partial charge is 0.208 e. The Bertz CT molecular complexity index is 952. The molecule has 4 heterocycles. The van der Waals surface area contributed by atoms with Crippen LogP contribution in [0.25, 0.3) is 11.3 Å². The summed E-state index contributed by atoms with van der Waals surface area (Å²) in [5.41, 5.74) is 2.82. The van der Waals surface area contributed by atoms with Crippen molar-refractivity contribution in [1.82, 2.24) is 14.7 Å². The highest BCUT2D eigenvalue weighted by atomic mass is 35.5. The highest BCUT2D eigenvalue weighted by Crippen LogP contribution is 2.40. The van der Waals surface area contributed by atoms with Crippen LogP contribution in [0, 0.1) is 6.92 Å². The number of aromatic nitrogens is 2. The molecule has 0 amide bonds. The Morgan fingerprint density at radius 3 is 2.56 bits per heavy atom. The van der Waals surface area contributed by atoms with Gasteiger partial charge in [0.05, 0.1) is 17.0 Å². The average Bonchev–Trinajstić information content (AvgIpc) is 2.86. The van der Waals surface area contributed by atoms with Crippen molar-refractivity contribution in [3.05, 3.63) is 41.2 Å². The standard InChI is InChI=1S/C19H23ClN4O2S/c1-12-4-3-7-21-19(12)16-10-18(22-11-17(16)20)24-14-5-6-15(24)9-13(8-14)23-27(2,25)26/h3-4,7,10-11,13-15,23H,5-6,8-9H2,1-2H3/t13?,14-,15+. The summed E-state index contributed by atoms with van der Waals surface area (Å²) in [7, 11) is -3.19. The first kappa shape index (κ1) is 18.7. The Balaban J connectivity index is 1.64. The monoisotopic (exact) mass is 406 g/mol. The molecule has 2 aliphatic heterocycles. The van der Waals surface area contributed by atoms with Gasteiger partial charge >= 0.3 is 0 Å². The van der Waals surface area contributed by atoms with Crippen LogP contribution in [-0.2, 0) is 10.0 Å². The molecule has 27 heavy (non-hydrogen) atoms. The molecule has 2 fully saturated rings. The number of hydrogen-bond acceptors (Lipinski definition) is 5. The number of halogens is 1. The highest BCUT2D eigenvalue weighted by molar-refractivity contribution is 7.88. The fraction of sp³-hybridized carbons (Fsp3) is 0.474. The van der Waals surface area contributed by atoms with Crippen LogP contribution in [0.4, 0.5) is 5.82 Å². The molecule has 2 aliphatic rings. The number of hydrogen-bond donors (Lipinski definition) is 1. The number of aryl methyl sites for hydroxylation is 1. The average molecular weight is 407 g/mol. The fourth-order valence-corrected chi connectivity index (χ4v) is 5.46. The Labute approximate surface area is 165 Å². The van der Waals surface area contributed by atoms with Crippen LogP contribution in [0.1, 0.15) is 31.2 Å². The predicted molar refractivity (Wildman–Crippen MR) is 108 cm³/mol. The molecule has 1 unspecified atom stereocenters. The summed E-state index contributed by atoms with van der Waals surface area (Å²) in [6.45, 7) is 2.02. The summed E-state index contributed by atoms with van der Waals surface area (Å²) < 4.78 is 26.0. The molecule has 6 nitrogen and oxygen atoms in total. The minimum absolute atomic E-state index is 0.00134. The van der Waals surface area contributed by atoms with Crippen molar-refractivity contribution in [1.29, 1.82) is 0 Å². The van der Waals surface area contributed by atoms with Gasteiger partial charge in [-0.15, -0.1) is 0 Å². The molecular weight excluding hydrogens is 384 g/mol. The van der Waals surface area contributed by atoms with Gasteiger partial charge in [-0.1, -0.05) is 17.7 Å². The summed E-state index contributed by atoms with van der Waals surface area (Å²) in [4.78, 5) is 11.4. The van der Waals surface area contributed by atoms with Gasteiger partial charge in [0.1, 0.15) is 5.82 Å². The van der Waals surface area contributed by atoms with Crippen molar-refractivity contribution < 1.29 is 8.42 Å². The lowest BCUT2D eigenvalue weighted by Crippen LogP contribution is -2.50. The van der Waals surface area contributed by atoms with Gasteiger partial charge in [0.25, 0.3) is 0 Å². The molecule has 0 saturated carbocycles. The van der Waals surface area contributed by atoms with Gasteiger partial charge in [-0.2, -0.15) is 0 Å². The Hall–Kier alpha value is -1.70. The lowest BCUT2D eigenvalue weighted by molar-refractivity contribution is 0.389. The maximum Gasteiger partial charge on any atom is 0.208 e. The predicted octanol–water partition coefficient (Wildman–Crippen LogP) is 3.15. The molecule has 0 aliphatic carbocycles. The molecule has 2 saturated heterocycles. The summed E-state index contributed by atoms with van der Waals surface area (Å²) in [6, 6.07) is 6.52. The molecule has 8 heteroatoms. The zero-order valence-electron chi connectivity index (χ0n) is 15.4. The second kappa shape index (κ2) is 7.04. The summed E-state index contributed by atoms with van der Waals surface area (Å²) in [5, 5.41) is 0.585. The first-order valence-electron chi connectivity index (χ1n) is 9.15. The number of sulfonamides is 1. The second-order valence-corrected chi connectivity index (χ2v) is 9.73. The van der Waals surface area contributed by atoms with E-state index in [1.54, 1.807) is 12.4 Å². The number of piperidine rings is 1. The molecule has 0 aromatic carbocycles. The minimum Gasteiger partial charge on any atom is -0.351 e. The third-order valence-electron chi connectivity index (χ3n) is 5.48. The van der Waals surface area contributed by atoms with Gasteiger partial charge in [0, 0.05) is 36.1 Å². The molecule has 144 valence electrons. The molecule has 0 spiro atoms. The molecule has 2 aromatic heterocycles. The molecule has 3 atom stereocenters. The molecule has 1 N–H and O–H groups in total. The molecule has 4 rings (SSSR count). The lowest BCUT2D eigenvalue weighted by atomic mass is 9.98. The Morgan fingerprint density at radius 1 is 1.22 bits per heavy atom. The van der Waals surface area contributed by atoms with Gasteiger partial charge < -0.3 is 4.90 Å². The van der Waals surface area contributed by atoms with Gasteiger partial charge in [-0.3, -0.25) is 4.98 Å². The van der Waals surface area contributed by atoms with E-state index in [4.69, 9.17) is 11.6 Å². The molecule has 2 bridgehead atoms. The SMILES string of the molecule is Cc1cccnc1-c1cc(N2[C@@H]3CC[C@H]2CC(NS(C)(=O)=O)C3)ncc1Cl. The van der Waals surface area contributed by atoms with Crippen LogP contribution in [0.5, 0.6) is 0 Å². The Kier molecular flexibility index (Phi) is 4.86. The van der Waals surface area contributed by atoms with Crippen LogP contribution in [0.2, 0.25) is 5.02 Å². The Morgan fingerprint density at radius 2 is 1.93 bits per heavy atom. The van der Waals surface area contributed by atoms with Crippen molar-refractivity contribution in [3.63, 3.8) is 0 Å². The second-order valence-electron chi connectivity index (χ2n) is 7.54. The van der Waals surface area contributed by atoms with Gasteiger partial charge in [-0.05, 0) is 50.3 Å². The fourth-order valence-electron chi connectivity index (χ4n) is 4.47. The number of nitrogens with zero attached hydrogens (tertiary/aromatic N) is 3. The van der Waals surface area contributed by atoms with Gasteiger partial charge in [0.2, 0.25) is 10.0 Å². The van der Waals surface area contributed by atoms with Crippen LogP contribution in [-0.4, -0.2) is 42.8 Å². The normalized spacial score (nSPS) is 25.0. The van der Waals surface area contributed by atoms with E-state index < -0.39 is 10.0 Å². The van der Waals surface area contributed by atoms with Crippen LogP contribution in [0.3, 0.4) is 0 Å². The largest absolute Gasteiger partial charge is 0.351 e. The van der Waals surface area contributed by atoms with E-state index in [0.717, 1.165) is 48.3 Å². The summed E-state index contributed by atoms with van der Waals surface area (Å²) in [6.07, 6.45) is 8.39. The van der Waals surface area contributed by atoms with E-state index in [0.29, 0.717) is 5.02 Å². The van der Waals surface area contributed by atoms with E-state index in [9.17, 15) is 8.42 Å². The van der Waals surface area contributed by atoms with Gasteiger partial charge in [-0.25, -0.2) is 18.1 Å². The number of nitrogens with one attached hydrogen (secondary N) is 1. The van der Waals surface area contributed by atoms with Crippen molar-refractivity contribution in [3.8, 4) is 11.3 Å². The van der Waals surface area contributed by atoms with Gasteiger partial charge in [0.15, 0.2) is 0 Å². The zero-order valence-corrected chi connectivity index (χ0v) is 17.0. The third-order valence-corrected chi connectivity index (χ3v) is 6.55. The van der Waals surface area contributed by atoms with E-state index >= 15 is 0 Å². The topological polar surface area (TPSA) is 75.2 Å². The lowest BCUT2D eigenvalue weighted by Gasteiger charge is -2.40. The summed E-state index contributed by atoms with van der Waals surface area (Å²) in [5.74, 6) is 0.893. The van der Waals surface area contributed by atoms with Crippen molar-refractivity contribution in [2.24, 2.45) is 0 Å². The molecule has 2 aromatic rings. The van der Waals surface area contributed by atoms with E-state index in [-0.39, 0.29) is 18.1 Å².